The van der Waals surface area contributed by atoms with Crippen molar-refractivity contribution in [1.29, 1.82) is 0 Å². The van der Waals surface area contributed by atoms with Crippen LogP contribution in [-0.2, 0) is 6.42 Å². The number of benzene rings is 1. The summed E-state index contributed by atoms with van der Waals surface area (Å²) < 4.78 is 0. The van der Waals surface area contributed by atoms with E-state index in [1.807, 2.05) is 0 Å². The molecule has 0 heterocycles. The molecule has 1 fully saturated rings. The average molecular weight is 231 g/mol. The molecule has 1 aliphatic carbocycles. The van der Waals surface area contributed by atoms with Gasteiger partial charge in [-0.05, 0) is 48.8 Å². The molecular weight excluding hydrogens is 206 g/mol. The van der Waals surface area contributed by atoms with Crippen molar-refractivity contribution in [1.82, 2.24) is 5.32 Å². The van der Waals surface area contributed by atoms with Gasteiger partial charge in [0.05, 0.1) is 0 Å². The molecule has 0 aliphatic heterocycles. The molecule has 0 bridgehead atoms. The molecule has 1 saturated carbocycles. The van der Waals surface area contributed by atoms with E-state index in [0.29, 0.717) is 6.04 Å². The predicted molar refractivity (Wildman–Crippen MR) is 74.1 cm³/mol. The highest BCUT2D eigenvalue weighted by Crippen LogP contribution is 2.46. The van der Waals surface area contributed by atoms with Gasteiger partial charge in [-0.1, -0.05) is 45.0 Å². The van der Waals surface area contributed by atoms with Gasteiger partial charge in [0.1, 0.15) is 0 Å². The molecule has 0 saturated heterocycles. The Morgan fingerprint density at radius 2 is 2.06 bits per heavy atom. The minimum Gasteiger partial charge on any atom is -0.313 e. The molecule has 1 N–H and O–H groups in total. The third-order valence-corrected chi connectivity index (χ3v) is 3.86. The summed E-state index contributed by atoms with van der Waals surface area (Å²) in [7, 11) is 2.09. The van der Waals surface area contributed by atoms with Gasteiger partial charge in [0, 0.05) is 6.04 Å². The Labute approximate surface area is 106 Å². The predicted octanol–water partition coefficient (Wildman–Crippen LogP) is 3.80. The van der Waals surface area contributed by atoms with Crippen molar-refractivity contribution < 1.29 is 0 Å². The summed E-state index contributed by atoms with van der Waals surface area (Å²) in [6.45, 7) is 6.92. The van der Waals surface area contributed by atoms with Crippen molar-refractivity contribution in [3.63, 3.8) is 0 Å². The summed E-state index contributed by atoms with van der Waals surface area (Å²) in [5.74, 6) is 2.47. The molecule has 0 spiro atoms. The highest BCUT2D eigenvalue weighted by atomic mass is 14.9. The summed E-state index contributed by atoms with van der Waals surface area (Å²) in [6.07, 6.45) is 2.56. The maximum Gasteiger partial charge on any atom is 0.0348 e. The molecule has 0 amide bonds. The Hall–Kier alpha value is -0.820. The zero-order valence-corrected chi connectivity index (χ0v) is 11.5. The average Bonchev–Trinajstić information content (AvgIpc) is 2.96. The molecule has 1 aromatic rings. The van der Waals surface area contributed by atoms with Crippen LogP contribution in [0.3, 0.4) is 0 Å². The number of nitrogens with one attached hydrogen (secondary N) is 1. The molecular formula is C16H25N. The fourth-order valence-corrected chi connectivity index (χ4v) is 2.83. The van der Waals surface area contributed by atoms with Gasteiger partial charge in [-0.15, -0.1) is 0 Å². The Morgan fingerprint density at radius 3 is 2.59 bits per heavy atom. The van der Waals surface area contributed by atoms with E-state index in [0.717, 1.165) is 17.8 Å². The van der Waals surface area contributed by atoms with Crippen LogP contribution in [0.1, 0.15) is 44.4 Å². The Bertz CT molecular complexity index is 370. The van der Waals surface area contributed by atoms with E-state index in [2.05, 4.69) is 57.4 Å². The van der Waals surface area contributed by atoms with Gasteiger partial charge in [-0.2, -0.15) is 0 Å². The topological polar surface area (TPSA) is 12.0 Å². The quantitative estimate of drug-likeness (QED) is 0.812. The Kier molecular flexibility index (Phi) is 3.88. The maximum atomic E-state index is 3.49. The van der Waals surface area contributed by atoms with Crippen LogP contribution < -0.4 is 5.32 Å². The first-order valence-electron chi connectivity index (χ1n) is 6.88. The van der Waals surface area contributed by atoms with Gasteiger partial charge < -0.3 is 5.32 Å². The van der Waals surface area contributed by atoms with Gasteiger partial charge in [0.15, 0.2) is 0 Å². The number of hydrogen-bond donors (Lipinski definition) is 1. The molecule has 2 rings (SSSR count). The van der Waals surface area contributed by atoms with Gasteiger partial charge in [0.25, 0.3) is 0 Å². The lowest BCUT2D eigenvalue weighted by molar-refractivity contribution is 0.503. The van der Waals surface area contributed by atoms with Crippen molar-refractivity contribution >= 4 is 0 Å². The largest absolute Gasteiger partial charge is 0.313 e. The minimum absolute atomic E-state index is 0.553. The number of rotatable bonds is 5. The van der Waals surface area contributed by atoms with Crippen LogP contribution in [0.2, 0.25) is 0 Å². The SMILES string of the molecule is CNC(c1cccc(CC(C)C)c1)C1CC1C. The minimum atomic E-state index is 0.553. The van der Waals surface area contributed by atoms with E-state index in [-0.39, 0.29) is 0 Å². The molecule has 3 atom stereocenters. The molecule has 94 valence electrons. The Morgan fingerprint density at radius 1 is 1.35 bits per heavy atom. The van der Waals surface area contributed by atoms with E-state index < -0.39 is 0 Å². The molecule has 1 aromatic carbocycles. The van der Waals surface area contributed by atoms with Crippen LogP contribution in [0.4, 0.5) is 0 Å². The zero-order chi connectivity index (χ0) is 12.4. The zero-order valence-electron chi connectivity index (χ0n) is 11.5. The fourth-order valence-electron chi connectivity index (χ4n) is 2.83. The molecule has 3 unspecified atom stereocenters. The van der Waals surface area contributed by atoms with Crippen LogP contribution in [0.25, 0.3) is 0 Å². The van der Waals surface area contributed by atoms with Crippen LogP contribution in [0, 0.1) is 17.8 Å². The van der Waals surface area contributed by atoms with Crippen molar-refractivity contribution in [3.8, 4) is 0 Å². The van der Waals surface area contributed by atoms with Crippen LogP contribution in [0.5, 0.6) is 0 Å². The van der Waals surface area contributed by atoms with Crippen molar-refractivity contribution in [2.24, 2.45) is 17.8 Å². The lowest BCUT2D eigenvalue weighted by atomic mass is 9.96. The van der Waals surface area contributed by atoms with Crippen molar-refractivity contribution in [2.45, 2.75) is 39.7 Å². The third-order valence-electron chi connectivity index (χ3n) is 3.86. The third kappa shape index (κ3) is 3.10. The number of hydrogen-bond acceptors (Lipinski definition) is 1. The lowest BCUT2D eigenvalue weighted by Gasteiger charge is -2.18. The van der Waals surface area contributed by atoms with E-state index in [4.69, 9.17) is 0 Å². The first-order chi connectivity index (χ1) is 8.11. The van der Waals surface area contributed by atoms with E-state index in [1.165, 1.54) is 24.0 Å². The highest BCUT2D eigenvalue weighted by molar-refractivity contribution is 5.28. The Balaban J connectivity index is 2.13. The molecule has 1 heteroatoms. The summed E-state index contributed by atoms with van der Waals surface area (Å²) in [6, 6.07) is 9.69. The second kappa shape index (κ2) is 5.22. The van der Waals surface area contributed by atoms with Crippen LogP contribution in [0.15, 0.2) is 24.3 Å². The van der Waals surface area contributed by atoms with E-state index >= 15 is 0 Å². The fraction of sp³-hybridized carbons (Fsp3) is 0.625. The van der Waals surface area contributed by atoms with Gasteiger partial charge >= 0.3 is 0 Å². The summed E-state index contributed by atoms with van der Waals surface area (Å²) in [4.78, 5) is 0. The summed E-state index contributed by atoms with van der Waals surface area (Å²) in [5, 5.41) is 3.49. The van der Waals surface area contributed by atoms with Crippen LogP contribution >= 0.6 is 0 Å². The van der Waals surface area contributed by atoms with Gasteiger partial charge in [-0.3, -0.25) is 0 Å². The van der Waals surface area contributed by atoms with Crippen molar-refractivity contribution in [2.75, 3.05) is 7.05 Å². The first kappa shape index (κ1) is 12.6. The first-order valence-corrected chi connectivity index (χ1v) is 6.88. The molecule has 1 nitrogen and oxygen atoms in total. The molecule has 17 heavy (non-hydrogen) atoms. The van der Waals surface area contributed by atoms with Crippen LogP contribution in [-0.4, -0.2) is 7.05 Å². The summed E-state index contributed by atoms with van der Waals surface area (Å²) in [5.41, 5.74) is 2.95. The molecule has 0 radical (unpaired) electrons. The van der Waals surface area contributed by atoms with E-state index in [1.54, 1.807) is 0 Å². The van der Waals surface area contributed by atoms with Gasteiger partial charge in [-0.25, -0.2) is 0 Å². The second-order valence-electron chi connectivity index (χ2n) is 5.99. The van der Waals surface area contributed by atoms with Gasteiger partial charge in [0.2, 0.25) is 0 Å². The monoisotopic (exact) mass is 231 g/mol. The second-order valence-corrected chi connectivity index (χ2v) is 5.99. The summed E-state index contributed by atoms with van der Waals surface area (Å²) >= 11 is 0. The normalized spacial score (nSPS) is 25.0. The van der Waals surface area contributed by atoms with Crippen molar-refractivity contribution in [3.05, 3.63) is 35.4 Å². The highest BCUT2D eigenvalue weighted by Gasteiger charge is 2.39. The molecule has 0 aromatic heterocycles. The standard InChI is InChI=1S/C16H25N/c1-11(2)8-13-6-5-7-14(10-13)16(17-4)15-9-12(15)3/h5-7,10-12,15-17H,8-9H2,1-4H3. The maximum absolute atomic E-state index is 3.49. The molecule has 1 aliphatic rings. The lowest BCUT2D eigenvalue weighted by Crippen LogP contribution is -2.19. The smallest absolute Gasteiger partial charge is 0.0348 e. The van der Waals surface area contributed by atoms with E-state index in [9.17, 15) is 0 Å².